The molecule has 0 aromatic carbocycles. The molecule has 94 valence electrons. The highest BCUT2D eigenvalue weighted by Gasteiger charge is 2.55. The van der Waals surface area contributed by atoms with Gasteiger partial charge < -0.3 is 9.72 Å². The standard InChI is InChI=1S/C13H14N2O2S/c1-8-3-6-18-10(8)9-7-14-11(15-9)13(4-5-13)12(16)17-2/h3,6-7H,4-5H2,1-2H3,(H,14,15). The van der Waals surface area contributed by atoms with Crippen LogP contribution in [-0.4, -0.2) is 23.0 Å². The fourth-order valence-corrected chi connectivity index (χ4v) is 3.08. The van der Waals surface area contributed by atoms with Gasteiger partial charge in [0.05, 0.1) is 23.9 Å². The molecular formula is C13H14N2O2S. The normalized spacial score (nSPS) is 16.6. The maximum Gasteiger partial charge on any atom is 0.319 e. The van der Waals surface area contributed by atoms with Crippen LogP contribution in [-0.2, 0) is 14.9 Å². The molecule has 2 aromatic rings. The summed E-state index contributed by atoms with van der Waals surface area (Å²) in [6.07, 6.45) is 3.43. The molecule has 0 saturated heterocycles. The quantitative estimate of drug-likeness (QED) is 0.865. The zero-order valence-corrected chi connectivity index (χ0v) is 11.1. The molecule has 0 aliphatic heterocycles. The van der Waals surface area contributed by atoms with Crippen LogP contribution < -0.4 is 0 Å². The molecule has 0 spiro atoms. The summed E-state index contributed by atoms with van der Waals surface area (Å²) in [6, 6.07) is 2.08. The Labute approximate surface area is 109 Å². The first kappa shape index (κ1) is 11.5. The van der Waals surface area contributed by atoms with Crippen LogP contribution in [0.25, 0.3) is 10.6 Å². The second kappa shape index (κ2) is 3.95. The first-order chi connectivity index (χ1) is 8.67. The number of ether oxygens (including phenoxy) is 1. The van der Waals surface area contributed by atoms with Gasteiger partial charge in [-0.05, 0) is 36.8 Å². The molecule has 0 bridgehead atoms. The maximum absolute atomic E-state index is 11.8. The van der Waals surface area contributed by atoms with E-state index in [0.717, 1.165) is 24.4 Å². The van der Waals surface area contributed by atoms with Gasteiger partial charge in [-0.3, -0.25) is 4.79 Å². The smallest absolute Gasteiger partial charge is 0.319 e. The number of nitrogens with one attached hydrogen (secondary N) is 1. The first-order valence-corrected chi connectivity index (χ1v) is 6.74. The predicted molar refractivity (Wildman–Crippen MR) is 69.6 cm³/mol. The van der Waals surface area contributed by atoms with Gasteiger partial charge in [-0.2, -0.15) is 0 Å². The van der Waals surface area contributed by atoms with Gasteiger partial charge >= 0.3 is 5.97 Å². The molecule has 2 heterocycles. The van der Waals surface area contributed by atoms with E-state index in [2.05, 4.69) is 28.3 Å². The Morgan fingerprint density at radius 3 is 2.89 bits per heavy atom. The van der Waals surface area contributed by atoms with Crippen molar-refractivity contribution in [2.75, 3.05) is 7.11 Å². The van der Waals surface area contributed by atoms with Crippen LogP contribution in [0, 0.1) is 6.92 Å². The number of hydrogen-bond donors (Lipinski definition) is 1. The van der Waals surface area contributed by atoms with E-state index in [4.69, 9.17) is 4.74 Å². The minimum absolute atomic E-state index is 0.189. The number of esters is 1. The number of H-pyrrole nitrogens is 1. The van der Waals surface area contributed by atoms with Crippen LogP contribution in [0.15, 0.2) is 17.6 Å². The van der Waals surface area contributed by atoms with E-state index in [-0.39, 0.29) is 5.97 Å². The number of methoxy groups -OCH3 is 1. The highest BCUT2D eigenvalue weighted by atomic mass is 32.1. The van der Waals surface area contributed by atoms with Gasteiger partial charge in [-0.1, -0.05) is 0 Å². The predicted octanol–water partition coefficient (Wildman–Crippen LogP) is 2.65. The number of aryl methyl sites for hydroxylation is 1. The lowest BCUT2D eigenvalue weighted by atomic mass is 10.1. The molecule has 1 saturated carbocycles. The number of carbonyl (C=O) groups excluding carboxylic acids is 1. The summed E-state index contributed by atoms with van der Waals surface area (Å²) in [4.78, 5) is 20.6. The van der Waals surface area contributed by atoms with E-state index in [1.54, 1.807) is 17.5 Å². The molecule has 4 nitrogen and oxygen atoms in total. The largest absolute Gasteiger partial charge is 0.468 e. The molecule has 0 amide bonds. The summed E-state index contributed by atoms with van der Waals surface area (Å²) in [5.41, 5.74) is 1.68. The Balaban J connectivity index is 1.96. The van der Waals surface area contributed by atoms with Crippen molar-refractivity contribution in [1.82, 2.24) is 9.97 Å². The van der Waals surface area contributed by atoms with Crippen LogP contribution in [0.4, 0.5) is 0 Å². The third-order valence-electron chi connectivity index (χ3n) is 3.46. The summed E-state index contributed by atoms with van der Waals surface area (Å²) in [5.74, 6) is 0.545. The van der Waals surface area contributed by atoms with Crippen LogP contribution >= 0.6 is 11.3 Å². The third kappa shape index (κ3) is 1.58. The van der Waals surface area contributed by atoms with Crippen LogP contribution in [0.3, 0.4) is 0 Å². The Kier molecular flexibility index (Phi) is 2.52. The maximum atomic E-state index is 11.8. The molecule has 0 radical (unpaired) electrons. The molecule has 5 heteroatoms. The van der Waals surface area contributed by atoms with E-state index in [0.29, 0.717) is 0 Å². The number of aromatic nitrogens is 2. The Hall–Kier alpha value is -1.62. The van der Waals surface area contributed by atoms with Crippen LogP contribution in [0.2, 0.25) is 0 Å². The van der Waals surface area contributed by atoms with Crippen molar-refractivity contribution < 1.29 is 9.53 Å². The topological polar surface area (TPSA) is 55.0 Å². The molecule has 1 N–H and O–H groups in total. The number of hydrogen-bond acceptors (Lipinski definition) is 4. The second-order valence-corrected chi connectivity index (χ2v) is 5.57. The zero-order valence-electron chi connectivity index (χ0n) is 10.3. The Morgan fingerprint density at radius 1 is 1.56 bits per heavy atom. The van der Waals surface area contributed by atoms with Crippen LogP contribution in [0.5, 0.6) is 0 Å². The Morgan fingerprint density at radius 2 is 2.33 bits per heavy atom. The van der Waals surface area contributed by atoms with E-state index in [1.807, 2.05) is 0 Å². The molecule has 2 aromatic heterocycles. The van der Waals surface area contributed by atoms with E-state index in [9.17, 15) is 4.79 Å². The van der Waals surface area contributed by atoms with Crippen molar-refractivity contribution >= 4 is 17.3 Å². The van der Waals surface area contributed by atoms with E-state index >= 15 is 0 Å². The van der Waals surface area contributed by atoms with Gasteiger partial charge in [0.15, 0.2) is 0 Å². The SMILES string of the molecule is COC(=O)C1(c2ncc(-c3sccc3C)[nH]2)CC1. The van der Waals surface area contributed by atoms with Gasteiger partial charge in [0, 0.05) is 0 Å². The van der Waals surface area contributed by atoms with Crippen molar-refractivity contribution in [1.29, 1.82) is 0 Å². The molecular weight excluding hydrogens is 248 g/mol. The zero-order chi connectivity index (χ0) is 12.8. The molecule has 0 unspecified atom stereocenters. The minimum atomic E-state index is -0.516. The second-order valence-electron chi connectivity index (χ2n) is 4.65. The average molecular weight is 262 g/mol. The summed E-state index contributed by atoms with van der Waals surface area (Å²) < 4.78 is 4.86. The fraction of sp³-hybridized carbons (Fsp3) is 0.385. The van der Waals surface area contributed by atoms with Gasteiger partial charge in [0.25, 0.3) is 0 Å². The monoisotopic (exact) mass is 262 g/mol. The van der Waals surface area contributed by atoms with E-state index in [1.165, 1.54) is 17.6 Å². The highest BCUT2D eigenvalue weighted by Crippen LogP contribution is 2.48. The number of imidazole rings is 1. The van der Waals surface area contributed by atoms with Crippen molar-refractivity contribution in [2.24, 2.45) is 0 Å². The number of carbonyl (C=O) groups is 1. The summed E-state index contributed by atoms with van der Waals surface area (Å²) in [5, 5.41) is 2.05. The summed E-state index contributed by atoms with van der Waals surface area (Å²) in [7, 11) is 1.43. The lowest BCUT2D eigenvalue weighted by Gasteiger charge is -2.08. The van der Waals surface area contributed by atoms with Crippen molar-refractivity contribution in [2.45, 2.75) is 25.2 Å². The van der Waals surface area contributed by atoms with Crippen molar-refractivity contribution in [3.8, 4) is 10.6 Å². The minimum Gasteiger partial charge on any atom is -0.468 e. The molecule has 1 fully saturated rings. The van der Waals surface area contributed by atoms with E-state index < -0.39 is 5.41 Å². The molecule has 0 atom stereocenters. The van der Waals surface area contributed by atoms with Crippen LogP contribution in [0.1, 0.15) is 24.2 Å². The molecule has 1 aliphatic carbocycles. The third-order valence-corrected chi connectivity index (χ3v) is 4.51. The van der Waals surface area contributed by atoms with Crippen molar-refractivity contribution in [3.63, 3.8) is 0 Å². The Bertz CT molecular complexity index is 596. The number of thiophene rings is 1. The fourth-order valence-electron chi connectivity index (χ4n) is 2.19. The van der Waals surface area contributed by atoms with Gasteiger partial charge in [-0.15, -0.1) is 11.3 Å². The van der Waals surface area contributed by atoms with Crippen molar-refractivity contribution in [3.05, 3.63) is 29.0 Å². The number of rotatable bonds is 3. The molecule has 18 heavy (non-hydrogen) atoms. The number of nitrogens with zero attached hydrogens (tertiary/aromatic N) is 1. The summed E-state index contributed by atoms with van der Waals surface area (Å²) in [6.45, 7) is 2.07. The number of aromatic amines is 1. The summed E-state index contributed by atoms with van der Waals surface area (Å²) >= 11 is 1.67. The highest BCUT2D eigenvalue weighted by molar-refractivity contribution is 7.13. The van der Waals surface area contributed by atoms with Gasteiger partial charge in [0.1, 0.15) is 11.2 Å². The first-order valence-electron chi connectivity index (χ1n) is 5.86. The van der Waals surface area contributed by atoms with Gasteiger partial charge in [-0.25, -0.2) is 4.98 Å². The van der Waals surface area contributed by atoms with Gasteiger partial charge in [0.2, 0.25) is 0 Å². The lowest BCUT2D eigenvalue weighted by molar-refractivity contribution is -0.143. The molecule has 3 rings (SSSR count). The lowest BCUT2D eigenvalue weighted by Crippen LogP contribution is -2.23. The molecule has 1 aliphatic rings. The average Bonchev–Trinajstić information content (AvgIpc) is 2.83.